The minimum atomic E-state index is -0.796. The number of aromatic hydroxyl groups is 1. The van der Waals surface area contributed by atoms with Crippen LogP contribution in [0.2, 0.25) is 0 Å². The Kier molecular flexibility index (Phi) is 3.60. The Bertz CT molecular complexity index is 545. The van der Waals surface area contributed by atoms with Crippen LogP contribution in [-0.2, 0) is 21.5 Å². The number of rotatable bonds is 4. The Hall–Kier alpha value is -2.23. The molecular weight excluding hydrogens is 242 g/mol. The third kappa shape index (κ3) is 2.62. The molecule has 100 valence electrons. The second kappa shape index (κ2) is 5.18. The largest absolute Gasteiger partial charge is 0.508 e. The summed E-state index contributed by atoms with van der Waals surface area (Å²) in [6.07, 6.45) is 4.18. The number of ether oxygens (including phenoxy) is 1. The fraction of sp³-hybridized carbons (Fsp3) is 0.267. The molecule has 2 rings (SSSR count). The zero-order chi connectivity index (χ0) is 13.9. The van der Waals surface area contributed by atoms with E-state index in [1.165, 1.54) is 7.11 Å². The van der Waals surface area contributed by atoms with Gasteiger partial charge in [-0.3, -0.25) is 0 Å². The van der Waals surface area contributed by atoms with Gasteiger partial charge in [0.2, 0.25) is 0 Å². The van der Waals surface area contributed by atoms with Crippen LogP contribution in [0, 0.1) is 0 Å². The van der Waals surface area contributed by atoms with Gasteiger partial charge < -0.3 is 14.4 Å². The molecule has 1 aromatic heterocycles. The molecule has 0 bridgehead atoms. The summed E-state index contributed by atoms with van der Waals surface area (Å²) in [5, 5.41) is 9.30. The molecule has 0 radical (unpaired) electrons. The van der Waals surface area contributed by atoms with Crippen molar-refractivity contribution < 1.29 is 14.6 Å². The van der Waals surface area contributed by atoms with Crippen LogP contribution >= 0.6 is 0 Å². The number of phenols is 1. The Morgan fingerprint density at radius 1 is 1.26 bits per heavy atom. The number of carbonyl (C=O) groups excluding carboxylic acids is 1. The number of carbonyl (C=O) groups is 1. The third-order valence-electron chi connectivity index (χ3n) is 3.28. The second-order valence-electron chi connectivity index (χ2n) is 4.70. The number of methoxy groups -OCH3 is 1. The average molecular weight is 259 g/mol. The van der Waals surface area contributed by atoms with Crippen molar-refractivity contribution in [3.63, 3.8) is 0 Å². The molecule has 1 atom stereocenters. The molecule has 0 saturated carbocycles. The van der Waals surface area contributed by atoms with Gasteiger partial charge in [-0.05, 0) is 36.8 Å². The first-order valence-electron chi connectivity index (χ1n) is 6.06. The van der Waals surface area contributed by atoms with Crippen LogP contribution in [0.25, 0.3) is 0 Å². The van der Waals surface area contributed by atoms with Crippen LogP contribution in [0.15, 0.2) is 48.8 Å². The molecule has 0 amide bonds. The highest BCUT2D eigenvalue weighted by Gasteiger charge is 2.35. The molecule has 0 saturated heterocycles. The summed E-state index contributed by atoms with van der Waals surface area (Å²) < 4.78 is 6.76. The number of benzene rings is 1. The molecule has 1 heterocycles. The van der Waals surface area contributed by atoms with E-state index in [1.807, 2.05) is 36.0 Å². The molecule has 1 aromatic carbocycles. The number of phenolic OH excluding ortho intramolecular Hbond substituents is 1. The highest BCUT2D eigenvalue weighted by Crippen LogP contribution is 2.24. The Labute approximate surface area is 112 Å². The summed E-state index contributed by atoms with van der Waals surface area (Å²) in [6, 6.07) is 10.6. The zero-order valence-corrected chi connectivity index (χ0v) is 11.0. The number of hydrogen-bond acceptors (Lipinski definition) is 3. The highest BCUT2D eigenvalue weighted by molar-refractivity contribution is 5.78. The van der Waals surface area contributed by atoms with Gasteiger partial charge >= 0.3 is 5.97 Å². The zero-order valence-electron chi connectivity index (χ0n) is 11.0. The number of nitrogens with zero attached hydrogens (tertiary/aromatic N) is 1. The van der Waals surface area contributed by atoms with E-state index in [1.54, 1.807) is 24.3 Å². The van der Waals surface area contributed by atoms with E-state index >= 15 is 0 Å². The molecule has 19 heavy (non-hydrogen) atoms. The molecule has 2 aromatic rings. The molecule has 0 aliphatic rings. The van der Waals surface area contributed by atoms with Crippen molar-refractivity contribution in [2.24, 2.45) is 0 Å². The van der Waals surface area contributed by atoms with Crippen molar-refractivity contribution in [2.45, 2.75) is 18.9 Å². The van der Waals surface area contributed by atoms with Crippen molar-refractivity contribution >= 4 is 5.97 Å². The smallest absolute Gasteiger partial charge is 0.332 e. The summed E-state index contributed by atoms with van der Waals surface area (Å²) in [6.45, 7) is 1.84. The molecule has 4 heteroatoms. The van der Waals surface area contributed by atoms with Gasteiger partial charge in [-0.2, -0.15) is 0 Å². The maximum atomic E-state index is 12.1. The lowest BCUT2D eigenvalue weighted by molar-refractivity contribution is -0.150. The fourth-order valence-electron chi connectivity index (χ4n) is 2.16. The predicted molar refractivity (Wildman–Crippen MR) is 71.9 cm³/mol. The second-order valence-corrected chi connectivity index (χ2v) is 4.70. The Balaban J connectivity index is 2.34. The molecule has 0 aliphatic carbocycles. The third-order valence-corrected chi connectivity index (χ3v) is 3.28. The first-order valence-corrected chi connectivity index (χ1v) is 6.06. The first-order chi connectivity index (χ1) is 9.06. The monoisotopic (exact) mass is 259 g/mol. The van der Waals surface area contributed by atoms with Gasteiger partial charge in [0, 0.05) is 18.8 Å². The van der Waals surface area contributed by atoms with E-state index in [4.69, 9.17) is 4.74 Å². The summed E-state index contributed by atoms with van der Waals surface area (Å²) in [5.41, 5.74) is 0.161. The summed E-state index contributed by atoms with van der Waals surface area (Å²) in [7, 11) is 1.39. The minimum Gasteiger partial charge on any atom is -0.508 e. The Morgan fingerprint density at radius 2 is 1.84 bits per heavy atom. The van der Waals surface area contributed by atoms with Crippen LogP contribution in [0.3, 0.4) is 0 Å². The van der Waals surface area contributed by atoms with Crippen LogP contribution in [0.4, 0.5) is 0 Å². The van der Waals surface area contributed by atoms with Crippen molar-refractivity contribution in [1.82, 2.24) is 4.57 Å². The maximum Gasteiger partial charge on any atom is 0.332 e. The van der Waals surface area contributed by atoms with Gasteiger partial charge in [0.05, 0.1) is 7.11 Å². The average Bonchev–Trinajstić information content (AvgIpc) is 2.95. The molecule has 1 N–H and O–H groups in total. The summed E-state index contributed by atoms with van der Waals surface area (Å²) in [4.78, 5) is 12.1. The van der Waals surface area contributed by atoms with Gasteiger partial charge in [0.1, 0.15) is 11.3 Å². The lowest BCUT2D eigenvalue weighted by Crippen LogP contribution is -2.41. The maximum absolute atomic E-state index is 12.1. The fourth-order valence-corrected chi connectivity index (χ4v) is 2.16. The van der Waals surface area contributed by atoms with E-state index in [9.17, 15) is 9.90 Å². The lowest BCUT2D eigenvalue weighted by atomic mass is 9.92. The quantitative estimate of drug-likeness (QED) is 0.857. The van der Waals surface area contributed by atoms with Gasteiger partial charge in [-0.1, -0.05) is 12.1 Å². The topological polar surface area (TPSA) is 51.5 Å². The molecule has 0 fully saturated rings. The number of aromatic nitrogens is 1. The summed E-state index contributed by atoms with van der Waals surface area (Å²) in [5.74, 6) is -0.0822. The molecule has 0 aliphatic heterocycles. The summed E-state index contributed by atoms with van der Waals surface area (Å²) >= 11 is 0. The van der Waals surface area contributed by atoms with E-state index in [-0.39, 0.29) is 11.7 Å². The standard InChI is InChI=1S/C15H17NO3/c1-15(14(18)19-2,16-9-3-4-10-16)11-12-5-7-13(17)8-6-12/h3-10,17H,11H2,1-2H3. The van der Waals surface area contributed by atoms with Crippen LogP contribution in [0.5, 0.6) is 5.75 Å². The highest BCUT2D eigenvalue weighted by atomic mass is 16.5. The van der Waals surface area contributed by atoms with Crippen molar-refractivity contribution in [3.8, 4) is 5.75 Å². The first kappa shape index (κ1) is 13.2. The normalized spacial score (nSPS) is 13.8. The van der Waals surface area contributed by atoms with E-state index in [0.29, 0.717) is 6.42 Å². The van der Waals surface area contributed by atoms with Gasteiger partial charge in [0.15, 0.2) is 0 Å². The number of esters is 1. The molecule has 4 nitrogen and oxygen atoms in total. The van der Waals surface area contributed by atoms with Gasteiger partial charge in [0.25, 0.3) is 0 Å². The molecule has 0 spiro atoms. The van der Waals surface area contributed by atoms with Crippen LogP contribution < -0.4 is 0 Å². The van der Waals surface area contributed by atoms with Gasteiger partial charge in [-0.25, -0.2) is 4.79 Å². The molecule has 1 unspecified atom stereocenters. The van der Waals surface area contributed by atoms with Gasteiger partial charge in [-0.15, -0.1) is 0 Å². The SMILES string of the molecule is COC(=O)C(C)(Cc1ccc(O)cc1)n1cccc1. The van der Waals surface area contributed by atoms with Crippen LogP contribution in [0.1, 0.15) is 12.5 Å². The van der Waals surface area contributed by atoms with E-state index in [0.717, 1.165) is 5.56 Å². The van der Waals surface area contributed by atoms with E-state index in [2.05, 4.69) is 0 Å². The number of hydrogen-bond donors (Lipinski definition) is 1. The van der Waals surface area contributed by atoms with Crippen molar-refractivity contribution in [3.05, 3.63) is 54.4 Å². The Morgan fingerprint density at radius 3 is 2.37 bits per heavy atom. The van der Waals surface area contributed by atoms with E-state index < -0.39 is 5.54 Å². The predicted octanol–water partition coefficient (Wildman–Crippen LogP) is 2.32. The molecular formula is C15H17NO3. The van der Waals surface area contributed by atoms with Crippen LogP contribution in [-0.4, -0.2) is 22.8 Å². The van der Waals surface area contributed by atoms with Crippen molar-refractivity contribution in [1.29, 1.82) is 0 Å². The minimum absolute atomic E-state index is 0.212. The van der Waals surface area contributed by atoms with Crippen molar-refractivity contribution in [2.75, 3.05) is 7.11 Å². The lowest BCUT2D eigenvalue weighted by Gasteiger charge is -2.28.